The molecule has 0 saturated heterocycles. The Morgan fingerprint density at radius 1 is 1.33 bits per heavy atom. The van der Waals surface area contributed by atoms with Gasteiger partial charge in [-0.1, -0.05) is 15.9 Å². The maximum atomic E-state index is 11.5. The Morgan fingerprint density at radius 3 is 2.44 bits per heavy atom. The number of methoxy groups -OCH3 is 1. The monoisotopic (exact) mass is 314 g/mol. The van der Waals surface area contributed by atoms with E-state index in [1.165, 1.54) is 14.0 Å². The second-order valence-electron chi connectivity index (χ2n) is 3.57. The summed E-state index contributed by atoms with van der Waals surface area (Å²) in [5.74, 6) is -0.0796. The number of carbonyl (C=O) groups is 2. The van der Waals surface area contributed by atoms with Crippen LogP contribution >= 0.6 is 15.9 Å². The fourth-order valence-corrected chi connectivity index (χ4v) is 1.70. The molecule has 0 bridgehead atoms. The molecule has 0 fully saturated rings. The molecule has 0 atom stereocenters. The number of benzene rings is 1. The first-order valence-corrected chi connectivity index (χ1v) is 6.19. The summed E-state index contributed by atoms with van der Waals surface area (Å²) in [5.41, 5.74) is 0.789. The van der Waals surface area contributed by atoms with E-state index in [4.69, 9.17) is 0 Å². The summed E-state index contributed by atoms with van der Waals surface area (Å²) < 4.78 is 5.40. The standard InChI is InChI=1S/C12H15BrN2O3/c1-9(16)15(8-7-14-12(17)18-2)11-5-3-10(13)4-6-11/h3-6H,7-8H2,1-2H3,(H,14,17). The Hall–Kier alpha value is -1.56. The van der Waals surface area contributed by atoms with E-state index in [1.54, 1.807) is 4.90 Å². The molecule has 1 rings (SSSR count). The molecule has 0 aliphatic carbocycles. The molecule has 1 N–H and O–H groups in total. The van der Waals surface area contributed by atoms with Crippen LogP contribution in [0.4, 0.5) is 10.5 Å². The zero-order valence-electron chi connectivity index (χ0n) is 10.3. The van der Waals surface area contributed by atoms with Crippen LogP contribution in [0.25, 0.3) is 0 Å². The number of nitrogens with zero attached hydrogens (tertiary/aromatic N) is 1. The SMILES string of the molecule is COC(=O)NCCN(C(C)=O)c1ccc(Br)cc1. The second-order valence-corrected chi connectivity index (χ2v) is 4.48. The minimum atomic E-state index is -0.505. The van der Waals surface area contributed by atoms with Crippen LogP contribution in [0.1, 0.15) is 6.92 Å². The van der Waals surface area contributed by atoms with Crippen LogP contribution in [0.3, 0.4) is 0 Å². The van der Waals surface area contributed by atoms with Crippen LogP contribution in [0.2, 0.25) is 0 Å². The molecule has 0 spiro atoms. The number of hydrogen-bond donors (Lipinski definition) is 1. The normalized spacial score (nSPS) is 9.72. The quantitative estimate of drug-likeness (QED) is 0.926. The molecule has 0 radical (unpaired) electrons. The number of rotatable bonds is 4. The number of hydrogen-bond acceptors (Lipinski definition) is 3. The molecule has 0 aliphatic heterocycles. The molecule has 0 unspecified atom stereocenters. The lowest BCUT2D eigenvalue weighted by molar-refractivity contribution is -0.116. The zero-order valence-corrected chi connectivity index (χ0v) is 11.9. The van der Waals surface area contributed by atoms with Crippen molar-refractivity contribution in [3.8, 4) is 0 Å². The van der Waals surface area contributed by atoms with E-state index in [2.05, 4.69) is 26.0 Å². The van der Waals surface area contributed by atoms with Crippen molar-refractivity contribution in [1.82, 2.24) is 5.32 Å². The molecule has 18 heavy (non-hydrogen) atoms. The van der Waals surface area contributed by atoms with E-state index < -0.39 is 6.09 Å². The Bertz CT molecular complexity index is 420. The van der Waals surface area contributed by atoms with E-state index in [-0.39, 0.29) is 5.91 Å². The largest absolute Gasteiger partial charge is 0.453 e. The average Bonchev–Trinajstić information content (AvgIpc) is 2.35. The van der Waals surface area contributed by atoms with Gasteiger partial charge in [0.2, 0.25) is 5.91 Å². The Morgan fingerprint density at radius 2 is 1.94 bits per heavy atom. The molecular formula is C12H15BrN2O3. The fourth-order valence-electron chi connectivity index (χ4n) is 1.43. The Balaban J connectivity index is 2.63. The van der Waals surface area contributed by atoms with Crippen molar-refractivity contribution >= 4 is 33.6 Å². The number of halogens is 1. The van der Waals surface area contributed by atoms with Gasteiger partial charge in [-0.25, -0.2) is 4.79 Å². The van der Waals surface area contributed by atoms with Crippen molar-refractivity contribution in [1.29, 1.82) is 0 Å². The van der Waals surface area contributed by atoms with Gasteiger partial charge < -0.3 is 15.0 Å². The number of amides is 2. The lowest BCUT2D eigenvalue weighted by Crippen LogP contribution is -2.37. The van der Waals surface area contributed by atoms with Crippen LogP contribution in [0.5, 0.6) is 0 Å². The summed E-state index contributed by atoms with van der Waals surface area (Å²) in [6, 6.07) is 7.39. The maximum Gasteiger partial charge on any atom is 0.406 e. The van der Waals surface area contributed by atoms with Crippen LogP contribution in [0.15, 0.2) is 28.7 Å². The van der Waals surface area contributed by atoms with Crippen LogP contribution in [0, 0.1) is 0 Å². The van der Waals surface area contributed by atoms with Gasteiger partial charge in [-0.15, -0.1) is 0 Å². The van der Waals surface area contributed by atoms with Crippen LogP contribution in [-0.2, 0) is 9.53 Å². The van der Waals surface area contributed by atoms with E-state index in [0.29, 0.717) is 13.1 Å². The summed E-state index contributed by atoms with van der Waals surface area (Å²) in [7, 11) is 1.30. The van der Waals surface area contributed by atoms with Gasteiger partial charge in [0.05, 0.1) is 7.11 Å². The third-order valence-electron chi connectivity index (χ3n) is 2.31. The molecule has 98 valence electrons. The van der Waals surface area contributed by atoms with E-state index in [0.717, 1.165) is 10.2 Å². The first-order valence-electron chi connectivity index (χ1n) is 5.40. The van der Waals surface area contributed by atoms with Crippen molar-refractivity contribution < 1.29 is 14.3 Å². The van der Waals surface area contributed by atoms with Crippen molar-refractivity contribution in [3.05, 3.63) is 28.7 Å². The highest BCUT2D eigenvalue weighted by Gasteiger charge is 2.11. The van der Waals surface area contributed by atoms with E-state index >= 15 is 0 Å². The fraction of sp³-hybridized carbons (Fsp3) is 0.333. The summed E-state index contributed by atoms with van der Waals surface area (Å²) in [6.45, 7) is 2.22. The van der Waals surface area contributed by atoms with Gasteiger partial charge in [-0.05, 0) is 24.3 Å². The average molecular weight is 315 g/mol. The Labute approximate surface area is 114 Å². The summed E-state index contributed by atoms with van der Waals surface area (Å²) in [6.07, 6.45) is -0.505. The van der Waals surface area contributed by atoms with Crippen molar-refractivity contribution in [2.75, 3.05) is 25.1 Å². The molecule has 0 heterocycles. The Kier molecular flexibility index (Phi) is 5.64. The molecule has 1 aromatic carbocycles. The topological polar surface area (TPSA) is 58.6 Å². The lowest BCUT2D eigenvalue weighted by atomic mass is 10.3. The van der Waals surface area contributed by atoms with E-state index in [1.807, 2.05) is 24.3 Å². The first kappa shape index (κ1) is 14.5. The number of carbonyl (C=O) groups excluding carboxylic acids is 2. The van der Waals surface area contributed by atoms with E-state index in [9.17, 15) is 9.59 Å². The number of alkyl carbamates (subject to hydrolysis) is 1. The second kappa shape index (κ2) is 7.00. The molecule has 5 nitrogen and oxygen atoms in total. The third kappa shape index (κ3) is 4.37. The minimum Gasteiger partial charge on any atom is -0.453 e. The van der Waals surface area contributed by atoms with Gasteiger partial charge in [0.15, 0.2) is 0 Å². The minimum absolute atomic E-state index is 0.0796. The lowest BCUT2D eigenvalue weighted by Gasteiger charge is -2.21. The first-order chi connectivity index (χ1) is 8.54. The molecule has 1 aromatic rings. The van der Waals surface area contributed by atoms with Gasteiger partial charge >= 0.3 is 6.09 Å². The van der Waals surface area contributed by atoms with Crippen molar-refractivity contribution in [3.63, 3.8) is 0 Å². The molecule has 2 amide bonds. The van der Waals surface area contributed by atoms with Gasteiger partial charge in [0.25, 0.3) is 0 Å². The number of anilines is 1. The maximum absolute atomic E-state index is 11.5. The van der Waals surface area contributed by atoms with Crippen LogP contribution in [-0.4, -0.2) is 32.2 Å². The zero-order chi connectivity index (χ0) is 13.5. The highest BCUT2D eigenvalue weighted by molar-refractivity contribution is 9.10. The molecule has 0 saturated carbocycles. The van der Waals surface area contributed by atoms with Crippen molar-refractivity contribution in [2.45, 2.75) is 6.92 Å². The predicted molar refractivity (Wildman–Crippen MR) is 72.6 cm³/mol. The third-order valence-corrected chi connectivity index (χ3v) is 2.84. The molecule has 0 aromatic heterocycles. The van der Waals surface area contributed by atoms with Gasteiger partial charge in [0, 0.05) is 30.2 Å². The molecular weight excluding hydrogens is 300 g/mol. The summed E-state index contributed by atoms with van der Waals surface area (Å²) >= 11 is 3.34. The summed E-state index contributed by atoms with van der Waals surface area (Å²) in [5, 5.41) is 2.53. The van der Waals surface area contributed by atoms with Crippen molar-refractivity contribution in [2.24, 2.45) is 0 Å². The van der Waals surface area contributed by atoms with Gasteiger partial charge in [0.1, 0.15) is 0 Å². The van der Waals surface area contributed by atoms with Gasteiger partial charge in [-0.2, -0.15) is 0 Å². The van der Waals surface area contributed by atoms with Crippen LogP contribution < -0.4 is 10.2 Å². The van der Waals surface area contributed by atoms with Gasteiger partial charge in [-0.3, -0.25) is 4.79 Å². The smallest absolute Gasteiger partial charge is 0.406 e. The highest BCUT2D eigenvalue weighted by Crippen LogP contribution is 2.18. The predicted octanol–water partition coefficient (Wildman–Crippen LogP) is 2.16. The summed E-state index contributed by atoms with van der Waals surface area (Å²) in [4.78, 5) is 24.0. The molecule has 0 aliphatic rings. The molecule has 6 heteroatoms. The number of ether oxygens (including phenoxy) is 1. The highest BCUT2D eigenvalue weighted by atomic mass is 79.9. The number of nitrogens with one attached hydrogen (secondary N) is 1.